The van der Waals surface area contributed by atoms with Crippen molar-refractivity contribution in [2.45, 2.75) is 155 Å². The van der Waals surface area contributed by atoms with Gasteiger partial charge in [0.05, 0.1) is 38.6 Å². The zero-order chi connectivity index (χ0) is 45.0. The topological polar surface area (TPSA) is 432 Å². The van der Waals surface area contributed by atoms with E-state index >= 15 is 0 Å². The Balaban J connectivity index is 1.58. The fourth-order valence-electron chi connectivity index (χ4n) is 7.36. The Morgan fingerprint density at radius 3 is 1.80 bits per heavy atom. The van der Waals surface area contributed by atoms with Crippen LogP contribution in [0.1, 0.15) is 27.2 Å². The van der Waals surface area contributed by atoms with E-state index < -0.39 is 185 Å². The molecule has 27 heteroatoms. The molecule has 0 radical (unpaired) electrons. The fraction of sp³-hybridized carbons (Fsp3) is 0.879. The van der Waals surface area contributed by atoms with Crippen molar-refractivity contribution >= 4 is 23.7 Å². The van der Waals surface area contributed by atoms with E-state index in [1.165, 1.54) is 0 Å². The van der Waals surface area contributed by atoms with Gasteiger partial charge in [0.15, 0.2) is 18.9 Å². The summed E-state index contributed by atoms with van der Waals surface area (Å²) in [4.78, 5) is 48.5. The molecular weight excluding hydrogens is 822 g/mol. The zero-order valence-electron chi connectivity index (χ0n) is 32.4. The Labute approximate surface area is 340 Å². The molecule has 21 atom stereocenters. The van der Waals surface area contributed by atoms with Gasteiger partial charge in [-0.15, -0.1) is 0 Å². The Morgan fingerprint density at radius 2 is 1.25 bits per heavy atom. The molecule has 4 rings (SSSR count). The predicted octanol–water partition coefficient (Wildman–Crippen LogP) is -10.1. The average Bonchev–Trinajstić information content (AvgIpc) is 3.18. The Morgan fingerprint density at radius 1 is 0.683 bits per heavy atom. The van der Waals surface area contributed by atoms with E-state index in [9.17, 15) is 85.6 Å². The van der Waals surface area contributed by atoms with Crippen LogP contribution in [0.25, 0.3) is 0 Å². The Bertz CT molecular complexity index is 1470. The molecule has 4 heterocycles. The number of carboxylic acid groups (broad SMARTS) is 1. The van der Waals surface area contributed by atoms with E-state index in [-0.39, 0.29) is 0 Å². The first-order valence-electron chi connectivity index (χ1n) is 18.7. The van der Waals surface area contributed by atoms with Gasteiger partial charge in [-0.3, -0.25) is 14.4 Å². The average molecular weight is 878 g/mol. The summed E-state index contributed by atoms with van der Waals surface area (Å²) in [5, 5.41) is 145. The summed E-state index contributed by atoms with van der Waals surface area (Å²) in [7, 11) is 0. The SMILES string of the molecule is CC(=O)N[C@H]1[C@H](OC[C@H]2OC(O)[C@H](NC(C)=O)[C@@H](O)[C@H]2O)O[C@H](CO)[C@@H](O[C@@H]2O[C@H](CO)[C@H](O)[C@H](O[C@]3(C(=O)O)C[C@H](O)[C@@H](NC(C)=O)[C@H]([C@H](O)[C@H](O)CO)O3)[C@H]2O)[C@@H]1O. The maximum atomic E-state index is 12.8. The van der Waals surface area contributed by atoms with E-state index in [4.69, 9.17) is 33.2 Å². The maximum Gasteiger partial charge on any atom is 0.364 e. The van der Waals surface area contributed by atoms with E-state index in [0.29, 0.717) is 0 Å². The highest BCUT2D eigenvalue weighted by molar-refractivity contribution is 5.77. The molecule has 4 aliphatic rings. The number of rotatable bonds is 16. The lowest BCUT2D eigenvalue weighted by atomic mass is 9.88. The van der Waals surface area contributed by atoms with Crippen molar-refractivity contribution in [2.75, 3.05) is 26.4 Å². The Hall–Kier alpha value is -2.88. The highest BCUT2D eigenvalue weighted by Gasteiger charge is 2.60. The number of carbonyl (C=O) groups excluding carboxylic acids is 3. The molecule has 0 spiro atoms. The first-order valence-corrected chi connectivity index (χ1v) is 18.7. The number of aliphatic hydroxyl groups excluding tert-OH is 12. The number of aliphatic hydroxyl groups is 12. The summed E-state index contributed by atoms with van der Waals surface area (Å²) in [5.74, 6) is -7.34. The number of carboxylic acids is 1. The number of aliphatic carboxylic acids is 1. The van der Waals surface area contributed by atoms with Gasteiger partial charge in [-0.1, -0.05) is 0 Å². The molecule has 0 saturated carbocycles. The van der Waals surface area contributed by atoms with Gasteiger partial charge in [0.1, 0.15) is 91.4 Å². The van der Waals surface area contributed by atoms with Crippen molar-refractivity contribution in [1.82, 2.24) is 16.0 Å². The lowest BCUT2D eigenvalue weighted by Crippen LogP contribution is -2.71. The molecule has 4 aliphatic heterocycles. The fourth-order valence-corrected chi connectivity index (χ4v) is 7.36. The number of nitrogens with one attached hydrogen (secondary N) is 3. The minimum Gasteiger partial charge on any atom is -0.477 e. The molecule has 4 fully saturated rings. The number of hydrogen-bond acceptors (Lipinski definition) is 23. The van der Waals surface area contributed by atoms with Gasteiger partial charge >= 0.3 is 5.97 Å². The number of carbonyl (C=O) groups is 4. The van der Waals surface area contributed by atoms with E-state index in [1.54, 1.807) is 0 Å². The van der Waals surface area contributed by atoms with Crippen LogP contribution in [0.2, 0.25) is 0 Å². The van der Waals surface area contributed by atoms with Crippen LogP contribution in [0.15, 0.2) is 0 Å². The molecule has 4 saturated heterocycles. The van der Waals surface area contributed by atoms with Gasteiger partial charge in [-0.05, 0) is 0 Å². The Kier molecular flexibility index (Phi) is 17.4. The molecule has 0 aromatic heterocycles. The quantitative estimate of drug-likeness (QED) is 0.0684. The highest BCUT2D eigenvalue weighted by atomic mass is 16.8. The van der Waals surface area contributed by atoms with Crippen molar-refractivity contribution in [3.05, 3.63) is 0 Å². The lowest BCUT2D eigenvalue weighted by Gasteiger charge is -2.51. The van der Waals surface area contributed by atoms with Gasteiger partial charge in [-0.25, -0.2) is 4.79 Å². The third-order valence-corrected chi connectivity index (χ3v) is 10.4. The van der Waals surface area contributed by atoms with Crippen LogP contribution < -0.4 is 16.0 Å². The van der Waals surface area contributed by atoms with Crippen molar-refractivity contribution in [3.63, 3.8) is 0 Å². The van der Waals surface area contributed by atoms with Gasteiger partial charge < -0.3 is 115 Å². The van der Waals surface area contributed by atoms with Crippen LogP contribution in [-0.2, 0) is 52.3 Å². The highest BCUT2D eigenvalue weighted by Crippen LogP contribution is 2.38. The molecule has 60 heavy (non-hydrogen) atoms. The molecule has 0 aromatic rings. The third kappa shape index (κ3) is 11.0. The predicted molar refractivity (Wildman–Crippen MR) is 186 cm³/mol. The minimum absolute atomic E-state index is 0.652. The first-order chi connectivity index (χ1) is 28.1. The molecule has 16 N–H and O–H groups in total. The van der Waals surface area contributed by atoms with Gasteiger partial charge in [0.25, 0.3) is 5.79 Å². The molecule has 0 bridgehead atoms. The number of amides is 3. The molecule has 1 unspecified atom stereocenters. The van der Waals surface area contributed by atoms with E-state index in [2.05, 4.69) is 16.0 Å². The van der Waals surface area contributed by atoms with Crippen molar-refractivity contribution in [2.24, 2.45) is 0 Å². The minimum atomic E-state index is -3.11. The summed E-state index contributed by atoms with van der Waals surface area (Å²) < 4.78 is 39.3. The molecule has 27 nitrogen and oxygen atoms in total. The van der Waals surface area contributed by atoms with Gasteiger partial charge in [0.2, 0.25) is 17.7 Å². The van der Waals surface area contributed by atoms with Crippen LogP contribution in [-0.4, -0.2) is 245 Å². The third-order valence-electron chi connectivity index (χ3n) is 10.4. The number of hydrogen-bond donors (Lipinski definition) is 16. The summed E-state index contributed by atoms with van der Waals surface area (Å²) in [6.45, 7) is -0.653. The smallest absolute Gasteiger partial charge is 0.364 e. The second-order valence-electron chi connectivity index (χ2n) is 14.8. The standard InChI is InChI=1S/C33H55N3O24/c1-9(40)34-17-12(43)4-33(32(52)53,59-27(17)20(45)13(44)5-37)60-28-22(47)14(6-38)56-31(25(28)50)58-26-15(7-39)57-30(19(24(26)49)36-11(3)42)54-8-16-21(46)23(48)18(29(51)55-16)35-10(2)41/h12-31,37-39,43-51H,4-8H2,1-3H3,(H,34,40)(H,35,41)(H,36,42)(H,52,53)/t12-,13+,14+,15+,16+,17+,18+,19+,20+,21-,22-,23+,24+,25+,26+,27+,28-,29?,30+,31-,33-/m0/s1. The monoisotopic (exact) mass is 877 g/mol. The summed E-state index contributed by atoms with van der Waals surface area (Å²) in [6.07, 6.45) is -33.6. The van der Waals surface area contributed by atoms with Crippen LogP contribution in [0.4, 0.5) is 0 Å². The summed E-state index contributed by atoms with van der Waals surface area (Å²) in [6, 6.07) is -4.63. The second kappa shape index (κ2) is 21.0. The van der Waals surface area contributed by atoms with Crippen LogP contribution >= 0.6 is 0 Å². The lowest BCUT2D eigenvalue weighted by molar-refractivity contribution is -0.383. The van der Waals surface area contributed by atoms with Crippen LogP contribution in [0.5, 0.6) is 0 Å². The van der Waals surface area contributed by atoms with Crippen molar-refractivity contribution in [1.29, 1.82) is 0 Å². The van der Waals surface area contributed by atoms with Crippen LogP contribution in [0, 0.1) is 0 Å². The zero-order valence-corrected chi connectivity index (χ0v) is 32.4. The van der Waals surface area contributed by atoms with Crippen molar-refractivity contribution in [3.8, 4) is 0 Å². The first kappa shape index (κ1) is 49.8. The van der Waals surface area contributed by atoms with E-state index in [1.807, 2.05) is 0 Å². The molecule has 346 valence electrons. The second-order valence-corrected chi connectivity index (χ2v) is 14.8. The molecule has 3 amide bonds. The normalized spacial score (nSPS) is 43.3. The van der Waals surface area contributed by atoms with Gasteiger partial charge in [-0.2, -0.15) is 0 Å². The largest absolute Gasteiger partial charge is 0.477 e. The molecule has 0 aromatic carbocycles. The summed E-state index contributed by atoms with van der Waals surface area (Å²) in [5.41, 5.74) is 0. The summed E-state index contributed by atoms with van der Waals surface area (Å²) >= 11 is 0. The van der Waals surface area contributed by atoms with E-state index in [0.717, 1.165) is 20.8 Å². The van der Waals surface area contributed by atoms with Crippen LogP contribution in [0.3, 0.4) is 0 Å². The van der Waals surface area contributed by atoms with Crippen molar-refractivity contribution < 1.29 is 119 Å². The van der Waals surface area contributed by atoms with Gasteiger partial charge in [0, 0.05) is 27.2 Å². The molecular formula is C33H55N3O24. The maximum absolute atomic E-state index is 12.8. The molecule has 0 aliphatic carbocycles. The number of ether oxygens (including phenoxy) is 7.